The molecule has 0 saturated heterocycles. The summed E-state index contributed by atoms with van der Waals surface area (Å²) in [4.78, 5) is 21.8. The van der Waals surface area contributed by atoms with Crippen LogP contribution >= 0.6 is 0 Å². The third-order valence-electron chi connectivity index (χ3n) is 4.50. The van der Waals surface area contributed by atoms with Crippen LogP contribution in [-0.2, 0) is 17.8 Å². The number of carbonyl (C=O) groups is 1. The van der Waals surface area contributed by atoms with Gasteiger partial charge in [-0.05, 0) is 48.4 Å². The molecule has 0 spiro atoms. The molecule has 27 heavy (non-hydrogen) atoms. The van der Waals surface area contributed by atoms with E-state index in [4.69, 9.17) is 0 Å². The molecular weight excluding hydrogens is 336 g/mol. The van der Waals surface area contributed by atoms with Crippen molar-refractivity contribution in [3.63, 3.8) is 0 Å². The van der Waals surface area contributed by atoms with Gasteiger partial charge in [0.15, 0.2) is 5.82 Å². The lowest BCUT2D eigenvalue weighted by Gasteiger charge is -2.10. The Morgan fingerprint density at radius 3 is 2.52 bits per heavy atom. The number of fused-ring (bicyclic) bond motifs is 1. The van der Waals surface area contributed by atoms with E-state index in [2.05, 4.69) is 22.2 Å². The Morgan fingerprint density at radius 1 is 1.00 bits per heavy atom. The highest BCUT2D eigenvalue weighted by Gasteiger charge is 2.15. The number of pyridine rings is 1. The number of anilines is 1. The van der Waals surface area contributed by atoms with Gasteiger partial charge < -0.3 is 9.88 Å². The topological polar surface area (TPSA) is 59.8 Å². The average molecular weight is 356 g/mol. The van der Waals surface area contributed by atoms with Crippen molar-refractivity contribution in [3.8, 4) is 11.5 Å². The van der Waals surface area contributed by atoms with Crippen LogP contribution in [0.1, 0.15) is 12.5 Å². The number of para-hydroxylation sites is 2. The molecule has 5 nitrogen and oxygen atoms in total. The summed E-state index contributed by atoms with van der Waals surface area (Å²) < 4.78 is 1.91. The van der Waals surface area contributed by atoms with Gasteiger partial charge in [0.1, 0.15) is 12.2 Å². The molecule has 0 saturated carbocycles. The largest absolute Gasteiger partial charge is 0.325 e. The lowest BCUT2D eigenvalue weighted by Crippen LogP contribution is -2.19. The van der Waals surface area contributed by atoms with Gasteiger partial charge in [-0.15, -0.1) is 0 Å². The third kappa shape index (κ3) is 3.58. The summed E-state index contributed by atoms with van der Waals surface area (Å²) in [6.45, 7) is 2.28. The summed E-state index contributed by atoms with van der Waals surface area (Å²) in [7, 11) is 0. The molecule has 0 radical (unpaired) electrons. The summed E-state index contributed by atoms with van der Waals surface area (Å²) >= 11 is 0. The summed E-state index contributed by atoms with van der Waals surface area (Å²) in [5.41, 5.74) is 4.54. The van der Waals surface area contributed by atoms with Crippen molar-refractivity contribution in [1.29, 1.82) is 0 Å². The van der Waals surface area contributed by atoms with Crippen LogP contribution in [-0.4, -0.2) is 20.4 Å². The van der Waals surface area contributed by atoms with E-state index in [1.807, 2.05) is 71.3 Å². The monoisotopic (exact) mass is 356 g/mol. The number of amides is 1. The SMILES string of the molecule is CCc1ccc(NC(=O)Cn2c(-c3ccccn3)nc3ccccc32)cc1. The van der Waals surface area contributed by atoms with E-state index in [9.17, 15) is 4.79 Å². The van der Waals surface area contributed by atoms with Crippen LogP contribution in [0, 0.1) is 0 Å². The van der Waals surface area contributed by atoms with Crippen LogP contribution in [0.25, 0.3) is 22.6 Å². The highest BCUT2D eigenvalue weighted by molar-refractivity contribution is 5.92. The van der Waals surface area contributed by atoms with Crippen LogP contribution in [0.2, 0.25) is 0 Å². The van der Waals surface area contributed by atoms with Gasteiger partial charge in [0.05, 0.1) is 11.0 Å². The fourth-order valence-corrected chi connectivity index (χ4v) is 3.09. The molecule has 0 aliphatic rings. The predicted molar refractivity (Wildman–Crippen MR) is 107 cm³/mol. The highest BCUT2D eigenvalue weighted by atomic mass is 16.1. The summed E-state index contributed by atoms with van der Waals surface area (Å²) in [5, 5.41) is 2.97. The number of nitrogens with zero attached hydrogens (tertiary/aromatic N) is 3. The smallest absolute Gasteiger partial charge is 0.244 e. The maximum Gasteiger partial charge on any atom is 0.244 e. The Hall–Kier alpha value is -3.47. The molecule has 2 heterocycles. The van der Waals surface area contributed by atoms with Crippen molar-refractivity contribution in [2.75, 3.05) is 5.32 Å². The summed E-state index contributed by atoms with van der Waals surface area (Å²) in [6.07, 6.45) is 2.71. The number of imidazole rings is 1. The van der Waals surface area contributed by atoms with E-state index in [1.54, 1.807) is 6.20 Å². The fourth-order valence-electron chi connectivity index (χ4n) is 3.09. The van der Waals surface area contributed by atoms with Crippen molar-refractivity contribution in [3.05, 3.63) is 78.5 Å². The Balaban J connectivity index is 1.65. The maximum absolute atomic E-state index is 12.7. The second kappa shape index (κ2) is 7.41. The quantitative estimate of drug-likeness (QED) is 0.580. The molecule has 4 rings (SSSR count). The van der Waals surface area contributed by atoms with E-state index in [0.29, 0.717) is 5.82 Å². The van der Waals surface area contributed by atoms with Crippen LogP contribution in [0.4, 0.5) is 5.69 Å². The van der Waals surface area contributed by atoms with Gasteiger partial charge in [0.25, 0.3) is 0 Å². The minimum absolute atomic E-state index is 0.0976. The molecule has 2 aromatic heterocycles. The van der Waals surface area contributed by atoms with E-state index < -0.39 is 0 Å². The van der Waals surface area contributed by atoms with Crippen molar-refractivity contribution in [2.24, 2.45) is 0 Å². The first-order valence-corrected chi connectivity index (χ1v) is 9.00. The van der Waals surface area contributed by atoms with E-state index in [0.717, 1.165) is 28.8 Å². The Labute approximate surface area is 157 Å². The molecule has 0 bridgehead atoms. The molecule has 1 N–H and O–H groups in total. The number of hydrogen-bond donors (Lipinski definition) is 1. The van der Waals surface area contributed by atoms with Gasteiger partial charge in [-0.1, -0.05) is 37.3 Å². The lowest BCUT2D eigenvalue weighted by molar-refractivity contribution is -0.116. The fraction of sp³-hybridized carbons (Fsp3) is 0.136. The molecule has 0 unspecified atom stereocenters. The highest BCUT2D eigenvalue weighted by Crippen LogP contribution is 2.23. The number of nitrogens with one attached hydrogen (secondary N) is 1. The molecule has 4 aromatic rings. The Morgan fingerprint density at radius 2 is 1.78 bits per heavy atom. The Kier molecular flexibility index (Phi) is 4.66. The summed E-state index contributed by atoms with van der Waals surface area (Å²) in [6, 6.07) is 21.4. The molecule has 0 fully saturated rings. The molecule has 0 atom stereocenters. The first-order chi connectivity index (χ1) is 13.2. The zero-order valence-electron chi connectivity index (χ0n) is 15.1. The van der Waals surface area contributed by atoms with Crippen molar-refractivity contribution in [1.82, 2.24) is 14.5 Å². The molecule has 2 aromatic carbocycles. The zero-order chi connectivity index (χ0) is 18.6. The molecule has 134 valence electrons. The van der Waals surface area contributed by atoms with E-state index in [-0.39, 0.29) is 12.5 Å². The third-order valence-corrected chi connectivity index (χ3v) is 4.50. The average Bonchev–Trinajstić information content (AvgIpc) is 3.08. The van der Waals surface area contributed by atoms with Gasteiger partial charge in [-0.2, -0.15) is 0 Å². The van der Waals surface area contributed by atoms with Crippen LogP contribution in [0.15, 0.2) is 72.9 Å². The van der Waals surface area contributed by atoms with Crippen molar-refractivity contribution >= 4 is 22.6 Å². The number of aryl methyl sites for hydroxylation is 1. The number of hydrogen-bond acceptors (Lipinski definition) is 3. The van der Waals surface area contributed by atoms with Gasteiger partial charge in [-0.25, -0.2) is 4.98 Å². The number of carbonyl (C=O) groups excluding carboxylic acids is 1. The first-order valence-electron chi connectivity index (χ1n) is 9.00. The number of benzene rings is 2. The van der Waals surface area contributed by atoms with Gasteiger partial charge in [0, 0.05) is 11.9 Å². The maximum atomic E-state index is 12.7. The van der Waals surface area contributed by atoms with Gasteiger partial charge in [-0.3, -0.25) is 9.78 Å². The molecule has 0 aliphatic heterocycles. The molecule has 5 heteroatoms. The minimum atomic E-state index is -0.0976. The van der Waals surface area contributed by atoms with Crippen LogP contribution in [0.3, 0.4) is 0 Å². The number of aromatic nitrogens is 3. The first kappa shape index (κ1) is 17.0. The lowest BCUT2D eigenvalue weighted by atomic mass is 10.1. The normalized spacial score (nSPS) is 10.9. The molecule has 0 aliphatic carbocycles. The minimum Gasteiger partial charge on any atom is -0.325 e. The standard InChI is InChI=1S/C22H20N4O/c1-2-16-10-12-17(13-11-16)24-21(27)15-26-20-9-4-3-7-18(20)25-22(26)19-8-5-6-14-23-19/h3-14H,2,15H2,1H3,(H,24,27). The second-order valence-electron chi connectivity index (χ2n) is 6.32. The number of rotatable bonds is 5. The summed E-state index contributed by atoms with van der Waals surface area (Å²) in [5.74, 6) is 0.591. The Bertz CT molecular complexity index is 1070. The molecular formula is C22H20N4O. The van der Waals surface area contributed by atoms with Crippen molar-refractivity contribution in [2.45, 2.75) is 19.9 Å². The van der Waals surface area contributed by atoms with Crippen LogP contribution < -0.4 is 5.32 Å². The predicted octanol–water partition coefficient (Wildman–Crippen LogP) is 4.30. The molecule has 1 amide bonds. The van der Waals surface area contributed by atoms with Crippen molar-refractivity contribution < 1.29 is 4.79 Å². The van der Waals surface area contributed by atoms with Crippen LogP contribution in [0.5, 0.6) is 0 Å². The zero-order valence-corrected chi connectivity index (χ0v) is 15.1. The second-order valence-corrected chi connectivity index (χ2v) is 6.32. The van der Waals surface area contributed by atoms with E-state index in [1.165, 1.54) is 5.56 Å². The van der Waals surface area contributed by atoms with Gasteiger partial charge >= 0.3 is 0 Å². The van der Waals surface area contributed by atoms with E-state index >= 15 is 0 Å². The van der Waals surface area contributed by atoms with Gasteiger partial charge in [0.2, 0.25) is 5.91 Å².